The summed E-state index contributed by atoms with van der Waals surface area (Å²) in [4.78, 5) is 4.50. The van der Waals surface area contributed by atoms with Gasteiger partial charge in [-0.3, -0.25) is 4.57 Å². The number of rotatable bonds is 9. The first-order valence-electron chi connectivity index (χ1n) is 10.7. The summed E-state index contributed by atoms with van der Waals surface area (Å²) in [6.45, 7) is 0.0435. The van der Waals surface area contributed by atoms with Gasteiger partial charge in [0.05, 0.1) is 18.4 Å². The van der Waals surface area contributed by atoms with Gasteiger partial charge in [0.25, 0.3) is 0 Å². The van der Waals surface area contributed by atoms with Crippen molar-refractivity contribution in [2.45, 2.75) is 17.5 Å². The molecule has 0 amide bonds. The molecular weight excluding hydrogens is 469 g/mol. The Morgan fingerprint density at radius 1 is 0.914 bits per heavy atom. The Labute approximate surface area is 204 Å². The second-order valence-electron chi connectivity index (χ2n) is 7.29. The molecule has 0 fully saturated rings. The molecular formula is C25H20FN5O3S. The van der Waals surface area contributed by atoms with Gasteiger partial charge in [-0.05, 0) is 36.4 Å². The zero-order chi connectivity index (χ0) is 24.0. The van der Waals surface area contributed by atoms with E-state index in [-0.39, 0.29) is 12.4 Å². The lowest BCUT2D eigenvalue weighted by atomic mass is 10.2. The standard InChI is InChI=1S/C25H20FN5O3S/c1-32-20-13-7-5-11-18(20)24-27-23(34-30-24)16-35-25-29-28-22(31(25)17-9-3-2-4-10-17)15-33-21-14-8-6-12-19(21)26/h2-14H,15-16H2,1H3. The highest BCUT2D eigenvalue weighted by molar-refractivity contribution is 7.98. The van der Waals surface area contributed by atoms with Crippen molar-refractivity contribution >= 4 is 11.8 Å². The van der Waals surface area contributed by atoms with E-state index in [9.17, 15) is 4.39 Å². The second-order valence-corrected chi connectivity index (χ2v) is 8.23. The maximum absolute atomic E-state index is 14.0. The Hall–Kier alpha value is -4.18. The first-order chi connectivity index (χ1) is 17.2. The summed E-state index contributed by atoms with van der Waals surface area (Å²) < 4.78 is 32.4. The number of ether oxygens (including phenoxy) is 2. The molecule has 0 unspecified atom stereocenters. The second kappa shape index (κ2) is 10.4. The molecule has 3 aromatic carbocycles. The molecule has 0 bridgehead atoms. The number of halogens is 1. The quantitative estimate of drug-likeness (QED) is 0.257. The molecule has 0 aliphatic heterocycles. The fourth-order valence-corrected chi connectivity index (χ4v) is 4.21. The van der Waals surface area contributed by atoms with Crippen LogP contribution >= 0.6 is 11.8 Å². The average molecular weight is 490 g/mol. The van der Waals surface area contributed by atoms with E-state index in [0.29, 0.717) is 34.2 Å². The van der Waals surface area contributed by atoms with Crippen LogP contribution in [0.2, 0.25) is 0 Å². The van der Waals surface area contributed by atoms with Gasteiger partial charge in [0, 0.05) is 5.69 Å². The Morgan fingerprint density at radius 2 is 1.66 bits per heavy atom. The Balaban J connectivity index is 1.36. The molecule has 2 heterocycles. The SMILES string of the molecule is COc1ccccc1-c1noc(CSc2nnc(COc3ccccc3F)n2-c2ccccc2)n1. The summed E-state index contributed by atoms with van der Waals surface area (Å²) >= 11 is 1.39. The van der Waals surface area contributed by atoms with Crippen LogP contribution in [0.1, 0.15) is 11.7 Å². The van der Waals surface area contributed by atoms with Crippen molar-refractivity contribution in [3.05, 3.63) is 96.4 Å². The molecule has 0 N–H and O–H groups in total. The molecule has 8 nitrogen and oxygen atoms in total. The number of hydrogen-bond acceptors (Lipinski definition) is 8. The van der Waals surface area contributed by atoms with E-state index in [1.807, 2.05) is 59.2 Å². The first kappa shape index (κ1) is 22.6. The van der Waals surface area contributed by atoms with Crippen LogP contribution < -0.4 is 9.47 Å². The number of nitrogens with zero attached hydrogens (tertiary/aromatic N) is 5. The maximum atomic E-state index is 14.0. The van der Waals surface area contributed by atoms with Crippen molar-refractivity contribution in [2.24, 2.45) is 0 Å². The maximum Gasteiger partial charge on any atom is 0.237 e. The number of hydrogen-bond donors (Lipinski definition) is 0. The third-order valence-electron chi connectivity index (χ3n) is 5.05. The minimum atomic E-state index is -0.435. The summed E-state index contributed by atoms with van der Waals surface area (Å²) in [7, 11) is 1.60. The smallest absolute Gasteiger partial charge is 0.237 e. The molecule has 5 aromatic rings. The molecule has 0 atom stereocenters. The van der Waals surface area contributed by atoms with Gasteiger partial charge >= 0.3 is 0 Å². The normalized spacial score (nSPS) is 10.9. The summed E-state index contributed by atoms with van der Waals surface area (Å²) in [5.41, 5.74) is 1.60. The fraction of sp³-hybridized carbons (Fsp3) is 0.120. The van der Waals surface area contributed by atoms with Gasteiger partial charge in [0.15, 0.2) is 22.5 Å². The third-order valence-corrected chi connectivity index (χ3v) is 5.96. The van der Waals surface area contributed by atoms with Crippen molar-refractivity contribution in [1.82, 2.24) is 24.9 Å². The lowest BCUT2D eigenvalue weighted by Crippen LogP contribution is -2.07. The zero-order valence-corrected chi connectivity index (χ0v) is 19.5. The van der Waals surface area contributed by atoms with Gasteiger partial charge in [-0.15, -0.1) is 10.2 Å². The van der Waals surface area contributed by atoms with E-state index < -0.39 is 5.82 Å². The first-order valence-corrected chi connectivity index (χ1v) is 11.7. The lowest BCUT2D eigenvalue weighted by Gasteiger charge is -2.11. The Bertz CT molecular complexity index is 1420. The van der Waals surface area contributed by atoms with E-state index in [4.69, 9.17) is 14.0 Å². The van der Waals surface area contributed by atoms with Crippen LogP contribution in [-0.4, -0.2) is 32.0 Å². The molecule has 2 aromatic heterocycles. The highest BCUT2D eigenvalue weighted by atomic mass is 32.2. The minimum Gasteiger partial charge on any atom is -0.496 e. The molecule has 0 aliphatic carbocycles. The van der Waals surface area contributed by atoms with Gasteiger partial charge in [-0.1, -0.05) is 59.4 Å². The number of aromatic nitrogens is 5. The predicted molar refractivity (Wildman–Crippen MR) is 128 cm³/mol. The fourth-order valence-electron chi connectivity index (χ4n) is 3.41. The minimum absolute atomic E-state index is 0.0435. The molecule has 0 saturated carbocycles. The van der Waals surface area contributed by atoms with Crippen molar-refractivity contribution in [2.75, 3.05) is 7.11 Å². The number of thioether (sulfide) groups is 1. The molecule has 0 spiro atoms. The summed E-state index contributed by atoms with van der Waals surface area (Å²) in [6, 6.07) is 23.4. The van der Waals surface area contributed by atoms with Gasteiger partial charge in [-0.2, -0.15) is 4.98 Å². The van der Waals surface area contributed by atoms with Crippen LogP contribution in [0.5, 0.6) is 11.5 Å². The highest BCUT2D eigenvalue weighted by Gasteiger charge is 2.18. The van der Waals surface area contributed by atoms with Crippen LogP contribution in [0.3, 0.4) is 0 Å². The van der Waals surface area contributed by atoms with Crippen LogP contribution in [0.25, 0.3) is 17.1 Å². The van der Waals surface area contributed by atoms with E-state index in [1.165, 1.54) is 17.8 Å². The van der Waals surface area contributed by atoms with E-state index >= 15 is 0 Å². The van der Waals surface area contributed by atoms with Crippen molar-refractivity contribution in [1.29, 1.82) is 0 Å². The molecule has 176 valence electrons. The molecule has 0 radical (unpaired) electrons. The van der Waals surface area contributed by atoms with Crippen molar-refractivity contribution in [3.63, 3.8) is 0 Å². The number of methoxy groups -OCH3 is 1. The van der Waals surface area contributed by atoms with Crippen LogP contribution in [0.15, 0.2) is 88.5 Å². The lowest BCUT2D eigenvalue weighted by molar-refractivity contribution is 0.278. The highest BCUT2D eigenvalue weighted by Crippen LogP contribution is 2.29. The molecule has 0 aliphatic rings. The van der Waals surface area contributed by atoms with Crippen LogP contribution in [-0.2, 0) is 12.4 Å². The summed E-state index contributed by atoms with van der Waals surface area (Å²) in [5, 5.41) is 13.3. The molecule has 0 saturated heterocycles. The van der Waals surface area contributed by atoms with Crippen LogP contribution in [0, 0.1) is 5.82 Å². The Morgan fingerprint density at radius 3 is 2.46 bits per heavy atom. The number of para-hydroxylation sites is 3. The molecule has 35 heavy (non-hydrogen) atoms. The molecule has 5 rings (SSSR count). The number of benzene rings is 3. The monoisotopic (exact) mass is 489 g/mol. The van der Waals surface area contributed by atoms with Gasteiger partial charge < -0.3 is 14.0 Å². The van der Waals surface area contributed by atoms with E-state index in [1.54, 1.807) is 25.3 Å². The van der Waals surface area contributed by atoms with Crippen molar-refractivity contribution < 1.29 is 18.4 Å². The topological polar surface area (TPSA) is 88.1 Å². The molecule has 10 heteroatoms. The zero-order valence-electron chi connectivity index (χ0n) is 18.7. The van der Waals surface area contributed by atoms with E-state index in [0.717, 1.165) is 11.3 Å². The van der Waals surface area contributed by atoms with Gasteiger partial charge in [-0.25, -0.2) is 4.39 Å². The average Bonchev–Trinajstić information content (AvgIpc) is 3.54. The van der Waals surface area contributed by atoms with Gasteiger partial charge in [0.2, 0.25) is 11.7 Å². The van der Waals surface area contributed by atoms with Crippen molar-refractivity contribution in [3.8, 4) is 28.6 Å². The summed E-state index contributed by atoms with van der Waals surface area (Å²) in [5.74, 6) is 2.16. The summed E-state index contributed by atoms with van der Waals surface area (Å²) in [6.07, 6.45) is 0. The predicted octanol–water partition coefficient (Wildman–Crippen LogP) is 5.34. The Kier molecular flexibility index (Phi) is 6.71. The van der Waals surface area contributed by atoms with E-state index in [2.05, 4.69) is 20.3 Å². The van der Waals surface area contributed by atoms with Crippen LogP contribution in [0.4, 0.5) is 4.39 Å². The largest absolute Gasteiger partial charge is 0.496 e. The van der Waals surface area contributed by atoms with Gasteiger partial charge in [0.1, 0.15) is 12.4 Å². The third kappa shape index (κ3) is 5.02.